The summed E-state index contributed by atoms with van der Waals surface area (Å²) in [6, 6.07) is 9.68. The fourth-order valence-corrected chi connectivity index (χ4v) is 2.42. The van der Waals surface area contributed by atoms with Crippen molar-refractivity contribution < 1.29 is 30.2 Å². The number of azo groups is 1. The zero-order valence-electron chi connectivity index (χ0n) is 12.7. The summed E-state index contributed by atoms with van der Waals surface area (Å²) < 4.78 is 75.9. The van der Waals surface area contributed by atoms with Gasteiger partial charge in [0.1, 0.15) is 17.6 Å². The van der Waals surface area contributed by atoms with E-state index >= 15 is 0 Å². The second-order valence-corrected chi connectivity index (χ2v) is 6.36. The maximum Gasteiger partial charge on any atom is 0.534 e. The van der Waals surface area contributed by atoms with Gasteiger partial charge in [-0.05, 0) is 35.4 Å². The summed E-state index contributed by atoms with van der Waals surface area (Å²) in [5.74, 6) is -0.926. The van der Waals surface area contributed by atoms with E-state index in [1.807, 2.05) is 0 Å². The average Bonchev–Trinajstić information content (AvgIpc) is 2.53. The first-order valence-electron chi connectivity index (χ1n) is 6.79. The summed E-state index contributed by atoms with van der Waals surface area (Å²) in [6.45, 7) is 0. The number of benzene rings is 2. The number of nitrogens with zero attached hydrogens (tertiary/aromatic N) is 2. The van der Waals surface area contributed by atoms with Crippen LogP contribution in [0.25, 0.3) is 0 Å². The Morgan fingerprint density at radius 3 is 1.88 bits per heavy atom. The highest BCUT2D eigenvalue weighted by molar-refractivity contribution is 7.88. The quantitative estimate of drug-likeness (QED) is 0.339. The van der Waals surface area contributed by atoms with Gasteiger partial charge in [0.05, 0.1) is 0 Å². The molecule has 1 atom stereocenters. The third-order valence-corrected chi connectivity index (χ3v) is 4.08. The molecule has 2 aromatic rings. The van der Waals surface area contributed by atoms with Crippen LogP contribution in [0.5, 0.6) is 5.75 Å². The van der Waals surface area contributed by atoms with Crippen LogP contribution in [0.1, 0.15) is 17.2 Å². The predicted octanol–water partition coefficient (Wildman–Crippen LogP) is 4.23. The van der Waals surface area contributed by atoms with Crippen molar-refractivity contribution in [1.82, 2.24) is 0 Å². The molecule has 0 amide bonds. The second kappa shape index (κ2) is 7.18. The number of rotatable bonds is 5. The van der Waals surface area contributed by atoms with Gasteiger partial charge in [0, 0.05) is 7.05 Å². The third-order valence-electron chi connectivity index (χ3n) is 3.10. The highest BCUT2D eigenvalue weighted by atomic mass is 32.2. The molecule has 0 bridgehead atoms. The molecule has 0 aliphatic rings. The summed E-state index contributed by atoms with van der Waals surface area (Å²) in [5.41, 5.74) is -4.41. The normalized spacial score (nSPS) is 13.8. The van der Waals surface area contributed by atoms with Gasteiger partial charge >= 0.3 is 15.6 Å². The number of halogens is 4. The first-order valence-corrected chi connectivity index (χ1v) is 8.20. The Labute approximate surface area is 141 Å². The van der Waals surface area contributed by atoms with E-state index in [9.17, 15) is 26.0 Å². The molecule has 0 N–H and O–H groups in total. The molecule has 10 heteroatoms. The van der Waals surface area contributed by atoms with Gasteiger partial charge in [-0.3, -0.25) is 0 Å². The molecule has 0 spiro atoms. The zero-order chi connectivity index (χ0) is 18.7. The molecule has 0 aliphatic heterocycles. The molecule has 0 aliphatic carbocycles. The van der Waals surface area contributed by atoms with Crippen molar-refractivity contribution in [3.63, 3.8) is 0 Å². The molecule has 2 aromatic carbocycles. The van der Waals surface area contributed by atoms with Gasteiger partial charge in [0.15, 0.2) is 0 Å². The van der Waals surface area contributed by atoms with E-state index in [-0.39, 0.29) is 0 Å². The minimum atomic E-state index is -5.73. The smallest absolute Gasteiger partial charge is 0.376 e. The molecule has 25 heavy (non-hydrogen) atoms. The highest BCUT2D eigenvalue weighted by Crippen LogP contribution is 2.30. The molecule has 0 radical (unpaired) electrons. The van der Waals surface area contributed by atoms with Crippen LogP contribution in [-0.4, -0.2) is 21.0 Å². The molecule has 0 aromatic heterocycles. The van der Waals surface area contributed by atoms with E-state index in [1.165, 1.54) is 43.4 Å². The summed E-state index contributed by atoms with van der Waals surface area (Å²) >= 11 is 0. The van der Waals surface area contributed by atoms with Gasteiger partial charge < -0.3 is 4.18 Å². The van der Waals surface area contributed by atoms with Crippen LogP contribution in [-0.2, 0) is 10.1 Å². The Hall–Kier alpha value is -2.49. The number of hydrogen-bond acceptors (Lipinski definition) is 5. The number of alkyl halides is 3. The topological polar surface area (TPSA) is 68.1 Å². The Morgan fingerprint density at radius 1 is 0.960 bits per heavy atom. The lowest BCUT2D eigenvalue weighted by molar-refractivity contribution is -0.0500. The second-order valence-electron chi connectivity index (χ2n) is 4.82. The van der Waals surface area contributed by atoms with E-state index in [4.69, 9.17) is 0 Å². The molecule has 134 valence electrons. The molecule has 0 saturated heterocycles. The average molecular weight is 376 g/mol. The minimum Gasteiger partial charge on any atom is -0.376 e. The van der Waals surface area contributed by atoms with Gasteiger partial charge in [-0.15, -0.1) is 0 Å². The van der Waals surface area contributed by atoms with Crippen LogP contribution < -0.4 is 4.18 Å². The third kappa shape index (κ3) is 4.53. The Balaban J connectivity index is 2.29. The Bertz CT molecular complexity index is 848. The molecule has 0 fully saturated rings. The monoisotopic (exact) mass is 376 g/mol. The first-order chi connectivity index (χ1) is 11.6. The van der Waals surface area contributed by atoms with Gasteiger partial charge in [0.2, 0.25) is 0 Å². The van der Waals surface area contributed by atoms with Crippen molar-refractivity contribution in [3.05, 3.63) is 65.5 Å². The van der Waals surface area contributed by atoms with Crippen molar-refractivity contribution in [2.75, 3.05) is 7.05 Å². The van der Waals surface area contributed by atoms with Crippen molar-refractivity contribution >= 4 is 10.1 Å². The summed E-state index contributed by atoms with van der Waals surface area (Å²) in [5, 5.41) is 7.68. The molecule has 5 nitrogen and oxygen atoms in total. The molecule has 0 saturated carbocycles. The van der Waals surface area contributed by atoms with E-state index < -0.39 is 33.2 Å². The zero-order valence-corrected chi connectivity index (χ0v) is 13.6. The van der Waals surface area contributed by atoms with E-state index in [0.29, 0.717) is 11.1 Å². The lowest BCUT2D eigenvalue weighted by atomic mass is 9.99. The van der Waals surface area contributed by atoms with Gasteiger partial charge in [0.25, 0.3) is 0 Å². The molecule has 0 heterocycles. The highest BCUT2D eigenvalue weighted by Gasteiger charge is 2.48. The summed E-state index contributed by atoms with van der Waals surface area (Å²) in [4.78, 5) is 0. The fraction of sp³-hybridized carbons (Fsp3) is 0.200. The molecule has 2 rings (SSSR count). The van der Waals surface area contributed by atoms with E-state index in [0.717, 1.165) is 12.1 Å². The van der Waals surface area contributed by atoms with Crippen LogP contribution >= 0.6 is 0 Å². The molecule has 1 unspecified atom stereocenters. The standard InChI is InChI=1S/C15H12F4N2O3S/c1-20-21-14(10-2-6-12(16)7-3-10)11-4-8-13(9-5-11)24-25(22,23)15(17,18)19/h2-9,14H,1H3. The van der Waals surface area contributed by atoms with Crippen LogP contribution in [0.2, 0.25) is 0 Å². The van der Waals surface area contributed by atoms with Crippen LogP contribution in [0.3, 0.4) is 0 Å². The van der Waals surface area contributed by atoms with Crippen LogP contribution in [0.15, 0.2) is 58.8 Å². The lowest BCUT2D eigenvalue weighted by Gasteiger charge is -2.13. The van der Waals surface area contributed by atoms with Crippen molar-refractivity contribution in [1.29, 1.82) is 0 Å². The maximum absolute atomic E-state index is 13.0. The SMILES string of the molecule is CN=NC(c1ccc(F)cc1)c1ccc(OS(=O)(=O)C(F)(F)F)cc1. The maximum atomic E-state index is 13.0. The number of hydrogen-bond donors (Lipinski definition) is 0. The van der Waals surface area contributed by atoms with Gasteiger partial charge in [-0.25, -0.2) is 4.39 Å². The fourth-order valence-electron chi connectivity index (χ4n) is 1.97. The summed E-state index contributed by atoms with van der Waals surface area (Å²) in [7, 11) is -4.30. The Kier molecular flexibility index (Phi) is 5.41. The van der Waals surface area contributed by atoms with Gasteiger partial charge in [-0.2, -0.15) is 31.8 Å². The van der Waals surface area contributed by atoms with E-state index in [1.54, 1.807) is 0 Å². The largest absolute Gasteiger partial charge is 0.534 e. The predicted molar refractivity (Wildman–Crippen MR) is 81.1 cm³/mol. The molecular weight excluding hydrogens is 364 g/mol. The minimum absolute atomic E-state index is 0.433. The molecular formula is C15H12F4N2O3S. The van der Waals surface area contributed by atoms with Crippen molar-refractivity contribution in [3.8, 4) is 5.75 Å². The summed E-state index contributed by atoms with van der Waals surface area (Å²) in [6.07, 6.45) is 0. The Morgan fingerprint density at radius 2 is 1.44 bits per heavy atom. The van der Waals surface area contributed by atoms with Crippen LogP contribution in [0, 0.1) is 5.82 Å². The van der Waals surface area contributed by atoms with Gasteiger partial charge in [-0.1, -0.05) is 24.3 Å². The lowest BCUT2D eigenvalue weighted by Crippen LogP contribution is -2.28. The van der Waals surface area contributed by atoms with E-state index in [2.05, 4.69) is 14.4 Å². The van der Waals surface area contributed by atoms with Crippen LogP contribution in [0.4, 0.5) is 17.6 Å². The van der Waals surface area contributed by atoms with Crippen molar-refractivity contribution in [2.45, 2.75) is 11.6 Å². The first kappa shape index (κ1) is 18.8. The van der Waals surface area contributed by atoms with Crippen molar-refractivity contribution in [2.24, 2.45) is 10.2 Å².